The summed E-state index contributed by atoms with van der Waals surface area (Å²) in [6.07, 6.45) is 7.17. The summed E-state index contributed by atoms with van der Waals surface area (Å²) in [6, 6.07) is 11.5. The van der Waals surface area contributed by atoms with E-state index in [0.29, 0.717) is 24.5 Å². The molecule has 4 rings (SSSR count). The average Bonchev–Trinajstić information content (AvgIpc) is 2.84. The van der Waals surface area contributed by atoms with Crippen LogP contribution >= 0.6 is 11.6 Å². The van der Waals surface area contributed by atoms with Crippen molar-refractivity contribution in [1.82, 2.24) is 0 Å². The van der Waals surface area contributed by atoms with Crippen molar-refractivity contribution < 1.29 is 19.4 Å². The maximum atomic E-state index is 12.3. The number of rotatable bonds is 6. The number of nitrogens with zero attached hydrogens (tertiary/aromatic N) is 1. The Hall–Kier alpha value is -2.50. The van der Waals surface area contributed by atoms with Crippen LogP contribution < -0.4 is 9.64 Å². The molecule has 0 radical (unpaired) electrons. The Kier molecular flexibility index (Phi) is 8.17. The molecule has 6 heteroatoms. The lowest BCUT2D eigenvalue weighted by Crippen LogP contribution is -2.43. The van der Waals surface area contributed by atoms with Crippen molar-refractivity contribution in [2.24, 2.45) is 11.8 Å². The van der Waals surface area contributed by atoms with Crippen LogP contribution in [0.25, 0.3) is 0 Å². The average molecular weight is 484 g/mol. The third-order valence-electron chi connectivity index (χ3n) is 7.23. The van der Waals surface area contributed by atoms with Crippen LogP contribution in [0.3, 0.4) is 0 Å². The van der Waals surface area contributed by atoms with Gasteiger partial charge in [-0.1, -0.05) is 23.7 Å². The smallest absolute Gasteiger partial charge is 0.337 e. The molecule has 34 heavy (non-hydrogen) atoms. The minimum atomic E-state index is -0.361. The monoisotopic (exact) mass is 483 g/mol. The van der Waals surface area contributed by atoms with E-state index in [1.807, 2.05) is 30.3 Å². The van der Waals surface area contributed by atoms with Crippen LogP contribution in [0.15, 0.2) is 49.1 Å². The number of esters is 1. The van der Waals surface area contributed by atoms with Gasteiger partial charge in [-0.3, -0.25) is 0 Å². The number of hydrogen-bond acceptors (Lipinski definition) is 5. The number of anilines is 1. The van der Waals surface area contributed by atoms with Crippen LogP contribution in [-0.2, 0) is 17.8 Å². The number of aryl methyl sites for hydroxylation is 1. The maximum absolute atomic E-state index is 12.3. The van der Waals surface area contributed by atoms with Gasteiger partial charge in [-0.2, -0.15) is 0 Å². The van der Waals surface area contributed by atoms with E-state index >= 15 is 0 Å². The first-order valence-corrected chi connectivity index (χ1v) is 12.5. The summed E-state index contributed by atoms with van der Waals surface area (Å²) >= 11 is 6.26. The fraction of sp³-hybridized carbons (Fsp3) is 0.464. The summed E-state index contributed by atoms with van der Waals surface area (Å²) in [4.78, 5) is 14.6. The molecule has 0 amide bonds. The molecular formula is C28H34ClNO4. The number of hydrogen-bond donors (Lipinski definition) is 1. The Labute approximate surface area is 207 Å². The summed E-state index contributed by atoms with van der Waals surface area (Å²) in [7, 11) is 1.40. The maximum Gasteiger partial charge on any atom is 0.337 e. The zero-order valence-corrected chi connectivity index (χ0v) is 20.6. The van der Waals surface area contributed by atoms with Crippen molar-refractivity contribution in [2.45, 2.75) is 51.2 Å². The van der Waals surface area contributed by atoms with Crippen molar-refractivity contribution in [3.8, 4) is 5.75 Å². The van der Waals surface area contributed by atoms with Crippen molar-refractivity contribution in [3.63, 3.8) is 0 Å². The van der Waals surface area contributed by atoms with Gasteiger partial charge in [0.1, 0.15) is 12.4 Å². The Morgan fingerprint density at radius 3 is 2.85 bits per heavy atom. The minimum absolute atomic E-state index is 0.274. The van der Waals surface area contributed by atoms with E-state index in [-0.39, 0.29) is 18.0 Å². The van der Waals surface area contributed by atoms with Crippen molar-refractivity contribution in [1.29, 1.82) is 0 Å². The van der Waals surface area contributed by atoms with Crippen LogP contribution in [0.2, 0.25) is 5.02 Å². The molecule has 5 nitrogen and oxygen atoms in total. The van der Waals surface area contributed by atoms with Gasteiger partial charge in [0.15, 0.2) is 0 Å². The highest BCUT2D eigenvalue weighted by Gasteiger charge is 2.37. The Balaban J connectivity index is 1.64. The van der Waals surface area contributed by atoms with Gasteiger partial charge in [0, 0.05) is 18.1 Å². The molecule has 182 valence electrons. The molecule has 1 N–H and O–H groups in total. The summed E-state index contributed by atoms with van der Waals surface area (Å²) in [5.41, 5.74) is 3.77. The molecule has 1 aliphatic carbocycles. The molecule has 3 atom stereocenters. The first-order chi connectivity index (χ1) is 16.5. The largest absolute Gasteiger partial charge is 0.487 e. The van der Waals surface area contributed by atoms with Gasteiger partial charge in [0.05, 0.1) is 24.5 Å². The summed E-state index contributed by atoms with van der Waals surface area (Å²) < 4.78 is 11.3. The molecule has 0 spiro atoms. The lowest BCUT2D eigenvalue weighted by Gasteiger charge is -2.43. The highest BCUT2D eigenvalue weighted by atomic mass is 35.5. The standard InChI is InChI=1S/C28H34ClNO4/c1-3-6-26(31)24-12-9-21(24)17-30-14-5-4-7-19-15-23(29)11-8-22(19)18-34-27-13-10-20(16-25(27)30)28(32)33-2/h3,8,10-11,13,15-16,21,24,26,31H,1,4-7,9,12,14,17-18H2,2H3/t21-,24+,26-/m0/s1. The SMILES string of the molecule is C=CC[C@H](O)[C@@H]1CC[C@H]1CN1CCCCc2cc(Cl)ccc2COc2ccc(C(=O)OC)cc21. The molecule has 0 unspecified atom stereocenters. The number of halogens is 1. The van der Waals surface area contributed by atoms with Gasteiger partial charge in [-0.25, -0.2) is 4.79 Å². The Morgan fingerprint density at radius 1 is 1.26 bits per heavy atom. The fourth-order valence-electron chi connectivity index (χ4n) is 5.14. The predicted molar refractivity (Wildman–Crippen MR) is 136 cm³/mol. The van der Waals surface area contributed by atoms with Crippen LogP contribution in [0.5, 0.6) is 5.75 Å². The minimum Gasteiger partial charge on any atom is -0.487 e. The second-order valence-electron chi connectivity index (χ2n) is 9.37. The molecule has 0 aromatic heterocycles. The third kappa shape index (κ3) is 5.59. The molecule has 2 aliphatic rings. The molecule has 0 saturated heterocycles. The molecule has 1 saturated carbocycles. The first-order valence-electron chi connectivity index (χ1n) is 12.2. The number of aliphatic hydroxyl groups excluding tert-OH is 1. The lowest BCUT2D eigenvalue weighted by atomic mass is 9.69. The van der Waals surface area contributed by atoms with Crippen molar-refractivity contribution in [3.05, 3.63) is 70.8 Å². The number of benzene rings is 2. The quantitative estimate of drug-likeness (QED) is 0.415. The van der Waals surface area contributed by atoms with E-state index in [0.717, 1.165) is 67.2 Å². The van der Waals surface area contributed by atoms with Crippen LogP contribution in [0, 0.1) is 11.8 Å². The summed E-state index contributed by atoms with van der Waals surface area (Å²) in [5.74, 6) is 1.05. The van der Waals surface area contributed by atoms with E-state index in [9.17, 15) is 9.90 Å². The molecule has 1 aliphatic heterocycles. The Bertz CT molecular complexity index is 1020. The van der Waals surface area contributed by atoms with Gasteiger partial charge >= 0.3 is 5.97 Å². The number of carbonyl (C=O) groups excluding carboxylic acids is 1. The van der Waals surface area contributed by atoms with E-state index in [1.165, 1.54) is 12.7 Å². The molecule has 1 fully saturated rings. The molecule has 2 aromatic carbocycles. The topological polar surface area (TPSA) is 59.0 Å². The zero-order chi connectivity index (χ0) is 24.1. The van der Waals surface area contributed by atoms with Crippen LogP contribution in [0.1, 0.15) is 53.6 Å². The van der Waals surface area contributed by atoms with E-state index in [1.54, 1.807) is 12.1 Å². The Morgan fingerprint density at radius 2 is 2.12 bits per heavy atom. The molecule has 0 bridgehead atoms. The number of aliphatic hydroxyl groups is 1. The highest BCUT2D eigenvalue weighted by molar-refractivity contribution is 6.30. The van der Waals surface area contributed by atoms with Gasteiger partial charge in [-0.05, 0) is 91.8 Å². The fourth-order valence-corrected chi connectivity index (χ4v) is 5.33. The van der Waals surface area contributed by atoms with E-state index in [4.69, 9.17) is 21.1 Å². The molecule has 2 aromatic rings. The van der Waals surface area contributed by atoms with Crippen molar-refractivity contribution >= 4 is 23.3 Å². The van der Waals surface area contributed by atoms with Gasteiger partial charge in [0.25, 0.3) is 0 Å². The lowest BCUT2D eigenvalue weighted by molar-refractivity contribution is 0.0181. The van der Waals surface area contributed by atoms with E-state index in [2.05, 4.69) is 11.5 Å². The third-order valence-corrected chi connectivity index (χ3v) is 7.47. The van der Waals surface area contributed by atoms with Gasteiger partial charge in [-0.15, -0.1) is 6.58 Å². The first kappa shape index (κ1) is 24.6. The normalized spacial score (nSPS) is 21.1. The summed E-state index contributed by atoms with van der Waals surface area (Å²) in [5, 5.41) is 11.3. The number of ether oxygens (including phenoxy) is 2. The van der Waals surface area contributed by atoms with Gasteiger partial charge < -0.3 is 19.5 Å². The second-order valence-corrected chi connectivity index (χ2v) is 9.81. The molecular weight excluding hydrogens is 450 g/mol. The second kappa shape index (κ2) is 11.3. The molecule has 1 heterocycles. The zero-order valence-electron chi connectivity index (χ0n) is 19.8. The van der Waals surface area contributed by atoms with Crippen LogP contribution in [-0.4, -0.2) is 37.4 Å². The van der Waals surface area contributed by atoms with E-state index < -0.39 is 0 Å². The van der Waals surface area contributed by atoms with Crippen LogP contribution in [0.4, 0.5) is 5.69 Å². The van der Waals surface area contributed by atoms with Crippen molar-refractivity contribution in [2.75, 3.05) is 25.1 Å². The summed E-state index contributed by atoms with van der Waals surface area (Å²) in [6.45, 7) is 5.88. The predicted octanol–water partition coefficient (Wildman–Crippen LogP) is 5.81. The number of fused-ring (bicyclic) bond motifs is 2. The van der Waals surface area contributed by atoms with Gasteiger partial charge in [0.2, 0.25) is 0 Å². The number of methoxy groups -OCH3 is 1. The highest BCUT2D eigenvalue weighted by Crippen LogP contribution is 2.41. The number of carbonyl (C=O) groups is 1.